The zero-order valence-corrected chi connectivity index (χ0v) is 19.1. The van der Waals surface area contributed by atoms with Gasteiger partial charge in [0.2, 0.25) is 0 Å². The molecule has 0 aromatic heterocycles. The van der Waals surface area contributed by atoms with Gasteiger partial charge in [-0.2, -0.15) is 18.4 Å². The van der Waals surface area contributed by atoms with E-state index in [0.29, 0.717) is 18.1 Å². The summed E-state index contributed by atoms with van der Waals surface area (Å²) in [5, 5.41) is 32.0. The smallest absolute Gasteiger partial charge is 0.334 e. The average molecular weight is 566 g/mol. The number of nitriles is 1. The Morgan fingerprint density at radius 1 is 1.13 bits per heavy atom. The van der Waals surface area contributed by atoms with Crippen LogP contribution in [0.15, 0.2) is 27.1 Å². The van der Waals surface area contributed by atoms with Crippen molar-refractivity contribution in [2.45, 2.75) is 26.4 Å². The van der Waals surface area contributed by atoms with Crippen LogP contribution in [0.4, 0.5) is 35.9 Å². The number of non-ortho nitro benzene ring substituents is 1. The second-order valence-electron chi connectivity index (χ2n) is 6.33. The maximum Gasteiger partial charge on any atom is 0.418 e. The van der Waals surface area contributed by atoms with Gasteiger partial charge in [-0.05, 0) is 56.8 Å². The molecule has 2 aromatic rings. The molecule has 164 valence electrons. The first-order chi connectivity index (χ1) is 14.3. The van der Waals surface area contributed by atoms with Gasteiger partial charge in [-0.1, -0.05) is 6.92 Å². The van der Waals surface area contributed by atoms with Crippen LogP contribution in [0.2, 0.25) is 0 Å². The predicted molar refractivity (Wildman–Crippen MR) is 113 cm³/mol. The number of anilines is 2. The number of rotatable bonds is 6. The van der Waals surface area contributed by atoms with Crippen molar-refractivity contribution in [2.75, 3.05) is 11.4 Å². The number of nitro groups is 2. The number of hydrogen-bond acceptors (Lipinski definition) is 6. The van der Waals surface area contributed by atoms with E-state index in [1.807, 2.05) is 6.07 Å². The maximum atomic E-state index is 13.9. The number of benzene rings is 2. The number of nitro benzene ring substituents is 2. The highest BCUT2D eigenvalue weighted by Gasteiger charge is 2.42. The highest BCUT2D eigenvalue weighted by molar-refractivity contribution is 9.11. The third kappa shape index (κ3) is 4.80. The van der Waals surface area contributed by atoms with Gasteiger partial charge < -0.3 is 4.90 Å². The van der Waals surface area contributed by atoms with E-state index in [1.165, 1.54) is 6.07 Å². The van der Waals surface area contributed by atoms with Gasteiger partial charge in [-0.15, -0.1) is 0 Å². The lowest BCUT2D eigenvalue weighted by atomic mass is 10.0. The molecular formula is C18H13Br2F3N4O4. The van der Waals surface area contributed by atoms with Gasteiger partial charge >= 0.3 is 6.18 Å². The first-order valence-electron chi connectivity index (χ1n) is 8.55. The summed E-state index contributed by atoms with van der Waals surface area (Å²) in [6, 6.07) is 4.14. The fourth-order valence-corrected chi connectivity index (χ4v) is 4.52. The van der Waals surface area contributed by atoms with Gasteiger partial charge in [0.1, 0.15) is 5.69 Å². The van der Waals surface area contributed by atoms with Gasteiger partial charge in [-0.25, -0.2) is 0 Å². The summed E-state index contributed by atoms with van der Waals surface area (Å²) in [5.74, 6) is 0. The third-order valence-corrected chi connectivity index (χ3v) is 5.91. The molecule has 0 atom stereocenters. The van der Waals surface area contributed by atoms with Gasteiger partial charge in [0.25, 0.3) is 11.4 Å². The largest absolute Gasteiger partial charge is 0.418 e. The lowest BCUT2D eigenvalue weighted by molar-refractivity contribution is -0.394. The molecule has 0 heterocycles. The topological polar surface area (TPSA) is 113 Å². The lowest BCUT2D eigenvalue weighted by Crippen LogP contribution is -2.24. The van der Waals surface area contributed by atoms with Crippen LogP contribution in [0.1, 0.15) is 30.0 Å². The lowest BCUT2D eigenvalue weighted by Gasteiger charge is -2.29. The first-order valence-corrected chi connectivity index (χ1v) is 10.1. The van der Waals surface area contributed by atoms with E-state index in [9.17, 15) is 38.7 Å². The van der Waals surface area contributed by atoms with E-state index in [-0.39, 0.29) is 32.8 Å². The predicted octanol–water partition coefficient (Wildman–Crippen LogP) is 6.78. The van der Waals surface area contributed by atoms with Crippen LogP contribution in [-0.4, -0.2) is 16.4 Å². The Hall–Kier alpha value is -2.72. The normalized spacial score (nSPS) is 11.2. The molecule has 0 aliphatic heterocycles. The van der Waals surface area contributed by atoms with Crippen molar-refractivity contribution in [1.82, 2.24) is 0 Å². The van der Waals surface area contributed by atoms with E-state index in [4.69, 9.17) is 0 Å². The van der Waals surface area contributed by atoms with Gasteiger partial charge in [0.05, 0.1) is 38.8 Å². The molecule has 0 spiro atoms. The highest BCUT2D eigenvalue weighted by atomic mass is 79.9. The van der Waals surface area contributed by atoms with E-state index in [0.717, 1.165) is 4.90 Å². The zero-order valence-electron chi connectivity index (χ0n) is 16.0. The Bertz CT molecular complexity index is 1120. The standard InChI is InChI=1S/C18H13Br2F3N4O4/c1-3-4-25(17-13(19)5-10(8-24)9(2)15(17)20)16-12(18(21,22)23)6-11(26(28)29)7-14(16)27(30)31/h5-7H,3-4H2,1-2H3. The monoisotopic (exact) mass is 564 g/mol. The van der Waals surface area contributed by atoms with Crippen LogP contribution >= 0.6 is 31.9 Å². The van der Waals surface area contributed by atoms with Crippen molar-refractivity contribution >= 4 is 54.6 Å². The van der Waals surface area contributed by atoms with Crippen LogP contribution in [0, 0.1) is 38.5 Å². The molecule has 31 heavy (non-hydrogen) atoms. The highest BCUT2D eigenvalue weighted by Crippen LogP contribution is 2.50. The molecule has 0 aliphatic rings. The molecule has 0 radical (unpaired) electrons. The van der Waals surface area contributed by atoms with Crippen LogP contribution in [0.3, 0.4) is 0 Å². The van der Waals surface area contributed by atoms with Crippen LogP contribution in [0.25, 0.3) is 0 Å². The SMILES string of the molecule is CCCN(c1c([N+](=O)[O-])cc([N+](=O)[O-])cc1C(F)(F)F)c1c(Br)cc(C#N)c(C)c1Br. The summed E-state index contributed by atoms with van der Waals surface area (Å²) in [6.45, 7) is 3.15. The molecule has 0 saturated heterocycles. The molecular weight excluding hydrogens is 553 g/mol. The zero-order chi connectivity index (χ0) is 23.7. The molecule has 2 aromatic carbocycles. The third-order valence-electron chi connectivity index (χ3n) is 4.33. The molecule has 0 bridgehead atoms. The van der Waals surface area contributed by atoms with E-state index < -0.39 is 38.6 Å². The Morgan fingerprint density at radius 2 is 1.74 bits per heavy atom. The van der Waals surface area contributed by atoms with E-state index in [2.05, 4.69) is 31.9 Å². The van der Waals surface area contributed by atoms with Crippen molar-refractivity contribution in [1.29, 1.82) is 5.26 Å². The Labute approximate surface area is 190 Å². The van der Waals surface area contributed by atoms with Crippen molar-refractivity contribution in [3.63, 3.8) is 0 Å². The minimum absolute atomic E-state index is 0.0791. The Balaban J connectivity index is 3.03. The minimum atomic E-state index is -5.11. The van der Waals surface area contributed by atoms with E-state index >= 15 is 0 Å². The maximum absolute atomic E-state index is 13.9. The quantitative estimate of drug-likeness (QED) is 0.282. The molecule has 0 unspecified atom stereocenters. The minimum Gasteiger partial charge on any atom is -0.334 e. The average Bonchev–Trinajstić information content (AvgIpc) is 2.68. The second-order valence-corrected chi connectivity index (χ2v) is 7.98. The molecule has 13 heteroatoms. The summed E-state index contributed by atoms with van der Waals surface area (Å²) in [7, 11) is 0. The summed E-state index contributed by atoms with van der Waals surface area (Å²) in [6.07, 6.45) is -4.82. The summed E-state index contributed by atoms with van der Waals surface area (Å²) < 4.78 is 42.2. The molecule has 0 amide bonds. The van der Waals surface area contributed by atoms with E-state index in [1.54, 1.807) is 13.8 Å². The number of halogens is 5. The van der Waals surface area contributed by atoms with Gasteiger partial charge in [-0.3, -0.25) is 20.2 Å². The molecule has 0 aliphatic carbocycles. The summed E-state index contributed by atoms with van der Waals surface area (Å²) >= 11 is 6.52. The van der Waals surface area contributed by atoms with Crippen molar-refractivity contribution in [2.24, 2.45) is 0 Å². The molecule has 2 rings (SSSR count). The fourth-order valence-electron chi connectivity index (χ4n) is 2.98. The number of nitrogens with zero attached hydrogens (tertiary/aromatic N) is 4. The molecule has 0 fully saturated rings. The molecule has 8 nitrogen and oxygen atoms in total. The van der Waals surface area contributed by atoms with Crippen molar-refractivity contribution < 1.29 is 23.0 Å². The molecule has 0 N–H and O–H groups in total. The van der Waals surface area contributed by atoms with Crippen LogP contribution in [-0.2, 0) is 6.18 Å². The van der Waals surface area contributed by atoms with Gasteiger partial charge in [0, 0.05) is 21.6 Å². The summed E-state index contributed by atoms with van der Waals surface area (Å²) in [4.78, 5) is 21.7. The second kappa shape index (κ2) is 9.19. The van der Waals surface area contributed by atoms with Gasteiger partial charge in [0.15, 0.2) is 0 Å². The number of hydrogen-bond donors (Lipinski definition) is 0. The Kier molecular flexibility index (Phi) is 7.28. The summed E-state index contributed by atoms with van der Waals surface area (Å²) in [5.41, 5.74) is -3.66. The van der Waals surface area contributed by atoms with Crippen LogP contribution < -0.4 is 4.90 Å². The first kappa shape index (κ1) is 24.5. The Morgan fingerprint density at radius 3 is 2.19 bits per heavy atom. The molecule has 0 saturated carbocycles. The fraction of sp³-hybridized carbons (Fsp3) is 0.278. The number of alkyl halides is 3. The van der Waals surface area contributed by atoms with Crippen molar-refractivity contribution in [3.05, 3.63) is 64.1 Å². The van der Waals surface area contributed by atoms with Crippen LogP contribution in [0.5, 0.6) is 0 Å². The van der Waals surface area contributed by atoms with Crippen molar-refractivity contribution in [3.8, 4) is 6.07 Å².